The molecular formula is C25H21Cl2NO3S. The van der Waals surface area contributed by atoms with Gasteiger partial charge in [0.1, 0.15) is 0 Å². The highest BCUT2D eigenvalue weighted by atomic mass is 35.5. The predicted molar refractivity (Wildman–Crippen MR) is 131 cm³/mol. The van der Waals surface area contributed by atoms with Crippen molar-refractivity contribution in [2.24, 2.45) is 0 Å². The van der Waals surface area contributed by atoms with Crippen LogP contribution in [0.15, 0.2) is 89.8 Å². The van der Waals surface area contributed by atoms with Crippen LogP contribution in [0.25, 0.3) is 10.8 Å². The number of sulfonamides is 1. The Kier molecular flexibility index (Phi) is 6.45. The average Bonchev–Trinajstić information content (AvgIpc) is 2.79. The van der Waals surface area contributed by atoms with Gasteiger partial charge in [-0.25, -0.2) is 8.42 Å². The highest BCUT2D eigenvalue weighted by molar-refractivity contribution is 7.92. The first kappa shape index (κ1) is 22.6. The number of anilines is 1. The van der Waals surface area contributed by atoms with E-state index < -0.39 is 16.1 Å². The molecule has 4 aromatic rings. The fourth-order valence-electron chi connectivity index (χ4n) is 3.75. The fraction of sp³-hybridized carbons (Fsp3) is 0.120. The number of aliphatic hydroxyl groups is 1. The van der Waals surface area contributed by atoms with Gasteiger partial charge < -0.3 is 5.11 Å². The molecule has 0 aromatic heterocycles. The van der Waals surface area contributed by atoms with Gasteiger partial charge in [-0.15, -0.1) is 0 Å². The number of aliphatic hydroxyl groups excluding tert-OH is 1. The van der Waals surface area contributed by atoms with Gasteiger partial charge in [0.15, 0.2) is 0 Å². The third-order valence-electron chi connectivity index (χ3n) is 5.43. The van der Waals surface area contributed by atoms with E-state index >= 15 is 0 Å². The average molecular weight is 486 g/mol. The number of nitrogens with zero attached hydrogens (tertiary/aromatic N) is 1. The minimum atomic E-state index is -4.02. The summed E-state index contributed by atoms with van der Waals surface area (Å²) >= 11 is 12.2. The van der Waals surface area contributed by atoms with E-state index in [1.165, 1.54) is 28.6 Å². The lowest BCUT2D eigenvalue weighted by Gasteiger charge is -2.32. The Morgan fingerprint density at radius 2 is 1.50 bits per heavy atom. The van der Waals surface area contributed by atoms with Crippen LogP contribution in [0.5, 0.6) is 0 Å². The highest BCUT2D eigenvalue weighted by Crippen LogP contribution is 2.37. The summed E-state index contributed by atoms with van der Waals surface area (Å²) in [6.45, 7) is 1.49. The SMILES string of the molecule is CC(c1ccc2ccccc2c1)N(c1cc(Cl)ccc1CO)S(=O)(=O)c1ccc(Cl)cc1. The third-order valence-corrected chi connectivity index (χ3v) is 7.82. The summed E-state index contributed by atoms with van der Waals surface area (Å²) in [4.78, 5) is 0.0957. The predicted octanol–water partition coefficient (Wildman–Crippen LogP) is 6.60. The fourth-order valence-corrected chi connectivity index (χ4v) is 5.71. The Balaban J connectivity index is 1.92. The molecule has 1 N–H and O–H groups in total. The van der Waals surface area contributed by atoms with Crippen molar-refractivity contribution in [2.75, 3.05) is 4.31 Å². The van der Waals surface area contributed by atoms with Crippen LogP contribution < -0.4 is 4.31 Å². The summed E-state index contributed by atoms with van der Waals surface area (Å²) in [7, 11) is -4.02. The van der Waals surface area contributed by atoms with Crippen molar-refractivity contribution < 1.29 is 13.5 Å². The van der Waals surface area contributed by atoms with Crippen LogP contribution in [0.3, 0.4) is 0 Å². The molecule has 1 atom stereocenters. The molecule has 0 spiro atoms. The van der Waals surface area contributed by atoms with Gasteiger partial charge in [0, 0.05) is 15.6 Å². The molecule has 0 aliphatic rings. The maximum Gasteiger partial charge on any atom is 0.264 e. The van der Waals surface area contributed by atoms with Crippen LogP contribution in [0.1, 0.15) is 24.1 Å². The van der Waals surface area contributed by atoms with Crippen molar-refractivity contribution in [2.45, 2.75) is 24.5 Å². The third kappa shape index (κ3) is 4.34. The second kappa shape index (κ2) is 9.12. The van der Waals surface area contributed by atoms with Crippen LogP contribution >= 0.6 is 23.2 Å². The monoisotopic (exact) mass is 485 g/mol. The van der Waals surface area contributed by atoms with Crippen LogP contribution in [-0.2, 0) is 16.6 Å². The molecule has 1 unspecified atom stereocenters. The Morgan fingerprint density at radius 1 is 0.844 bits per heavy atom. The van der Waals surface area contributed by atoms with E-state index in [-0.39, 0.29) is 11.5 Å². The van der Waals surface area contributed by atoms with Crippen LogP contribution in [0, 0.1) is 0 Å². The molecule has 0 saturated heterocycles. The molecule has 0 fully saturated rings. The summed E-state index contributed by atoms with van der Waals surface area (Å²) in [5.74, 6) is 0. The Labute approximate surface area is 197 Å². The van der Waals surface area contributed by atoms with Gasteiger partial charge in [-0.1, -0.05) is 65.7 Å². The van der Waals surface area contributed by atoms with Crippen LogP contribution in [0.2, 0.25) is 10.0 Å². The van der Waals surface area contributed by atoms with E-state index in [0.29, 0.717) is 21.3 Å². The summed E-state index contributed by atoms with van der Waals surface area (Å²) in [6, 6.07) is 24.0. The smallest absolute Gasteiger partial charge is 0.264 e. The molecule has 4 rings (SSSR count). The number of hydrogen-bond acceptors (Lipinski definition) is 3. The topological polar surface area (TPSA) is 57.6 Å². The van der Waals surface area contributed by atoms with E-state index in [4.69, 9.17) is 23.2 Å². The van der Waals surface area contributed by atoms with Crippen molar-refractivity contribution in [3.8, 4) is 0 Å². The molecule has 164 valence electrons. The lowest BCUT2D eigenvalue weighted by molar-refractivity contribution is 0.282. The van der Waals surface area contributed by atoms with Crippen molar-refractivity contribution >= 4 is 49.7 Å². The van der Waals surface area contributed by atoms with Gasteiger partial charge in [-0.05, 0) is 65.7 Å². The van der Waals surface area contributed by atoms with E-state index in [1.807, 2.05) is 49.4 Å². The Morgan fingerprint density at radius 3 is 2.19 bits per heavy atom. The zero-order valence-corrected chi connectivity index (χ0v) is 19.6. The molecule has 0 aliphatic heterocycles. The van der Waals surface area contributed by atoms with Gasteiger partial charge >= 0.3 is 0 Å². The number of halogens is 2. The van der Waals surface area contributed by atoms with Gasteiger partial charge in [-0.3, -0.25) is 4.31 Å². The zero-order chi connectivity index (χ0) is 22.9. The van der Waals surface area contributed by atoms with Crippen molar-refractivity contribution in [1.29, 1.82) is 0 Å². The molecule has 0 radical (unpaired) electrons. The van der Waals surface area contributed by atoms with Gasteiger partial charge in [-0.2, -0.15) is 0 Å². The second-order valence-electron chi connectivity index (χ2n) is 7.47. The Bertz CT molecular complexity index is 1370. The molecule has 4 aromatic carbocycles. The minimum absolute atomic E-state index is 0.0957. The first-order valence-corrected chi connectivity index (χ1v) is 12.2. The van der Waals surface area contributed by atoms with Crippen molar-refractivity contribution in [3.63, 3.8) is 0 Å². The lowest BCUT2D eigenvalue weighted by Crippen LogP contribution is -2.34. The zero-order valence-electron chi connectivity index (χ0n) is 17.2. The number of fused-ring (bicyclic) bond motifs is 1. The lowest BCUT2D eigenvalue weighted by atomic mass is 10.0. The van der Waals surface area contributed by atoms with Gasteiger partial charge in [0.25, 0.3) is 10.0 Å². The Hall–Kier alpha value is -2.57. The largest absolute Gasteiger partial charge is 0.392 e. The number of hydrogen-bond donors (Lipinski definition) is 1. The van der Waals surface area contributed by atoms with Crippen LogP contribution in [0.4, 0.5) is 5.69 Å². The summed E-state index contributed by atoms with van der Waals surface area (Å²) in [5.41, 5.74) is 1.60. The standard InChI is InChI=1S/C25H21Cl2NO3S/c1-17(19-7-6-18-4-2-3-5-20(18)14-19)28(25-15-23(27)9-8-21(25)16-29)32(30,31)24-12-10-22(26)11-13-24/h2-15,17,29H,16H2,1H3. The first-order valence-electron chi connectivity index (χ1n) is 9.99. The normalized spacial score (nSPS) is 12.6. The minimum Gasteiger partial charge on any atom is -0.392 e. The molecule has 0 bridgehead atoms. The molecule has 0 amide bonds. The molecule has 7 heteroatoms. The van der Waals surface area contributed by atoms with Crippen molar-refractivity contribution in [3.05, 3.63) is 106 Å². The van der Waals surface area contributed by atoms with Crippen LogP contribution in [-0.4, -0.2) is 13.5 Å². The molecule has 0 saturated carbocycles. The molecule has 0 aliphatic carbocycles. The number of rotatable bonds is 6. The summed E-state index contributed by atoms with van der Waals surface area (Å²) in [5, 5.41) is 12.8. The second-order valence-corrected chi connectivity index (χ2v) is 10.2. The van der Waals surface area contributed by atoms with E-state index in [1.54, 1.807) is 18.2 Å². The number of benzene rings is 4. The highest BCUT2D eigenvalue weighted by Gasteiger charge is 2.32. The summed E-state index contributed by atoms with van der Waals surface area (Å²) < 4.78 is 29.0. The quantitative estimate of drug-likeness (QED) is 0.334. The molecular weight excluding hydrogens is 465 g/mol. The van der Waals surface area contributed by atoms with E-state index in [9.17, 15) is 13.5 Å². The first-order chi connectivity index (χ1) is 15.3. The van der Waals surface area contributed by atoms with Gasteiger partial charge in [0.05, 0.1) is 23.2 Å². The summed E-state index contributed by atoms with van der Waals surface area (Å²) in [6.07, 6.45) is 0. The van der Waals surface area contributed by atoms with Crippen molar-refractivity contribution in [1.82, 2.24) is 0 Å². The maximum absolute atomic E-state index is 13.9. The molecule has 4 nitrogen and oxygen atoms in total. The maximum atomic E-state index is 13.9. The van der Waals surface area contributed by atoms with Gasteiger partial charge in [0.2, 0.25) is 0 Å². The molecule has 0 heterocycles. The van der Waals surface area contributed by atoms with E-state index in [0.717, 1.165) is 16.3 Å². The molecule has 32 heavy (non-hydrogen) atoms. The van der Waals surface area contributed by atoms with E-state index in [2.05, 4.69) is 0 Å².